The second-order valence-corrected chi connectivity index (χ2v) is 5.28. The Morgan fingerprint density at radius 1 is 1.24 bits per heavy atom. The summed E-state index contributed by atoms with van der Waals surface area (Å²) in [6, 6.07) is 0. The van der Waals surface area contributed by atoms with Crippen LogP contribution >= 0.6 is 12.2 Å². The fourth-order valence-electron chi connectivity index (χ4n) is 1.67. The van der Waals surface area contributed by atoms with E-state index in [2.05, 4.69) is 6.92 Å². The van der Waals surface area contributed by atoms with Crippen molar-refractivity contribution >= 4 is 23.1 Å². The standard InChI is InChI=1S/C13H26N2OS/c1-4-5-6-7-9-15(10-8-12(14)17)13(16)11(2)3/h11H,4-10H2,1-3H3,(H2,14,17). The van der Waals surface area contributed by atoms with Crippen LogP contribution in [0.2, 0.25) is 0 Å². The highest BCUT2D eigenvalue weighted by molar-refractivity contribution is 7.80. The van der Waals surface area contributed by atoms with Crippen molar-refractivity contribution in [2.75, 3.05) is 13.1 Å². The molecule has 0 rings (SSSR count). The molecule has 100 valence electrons. The summed E-state index contributed by atoms with van der Waals surface area (Å²) >= 11 is 4.86. The van der Waals surface area contributed by atoms with Crippen LogP contribution in [0.5, 0.6) is 0 Å². The molecule has 3 nitrogen and oxygen atoms in total. The van der Waals surface area contributed by atoms with Crippen molar-refractivity contribution in [3.05, 3.63) is 0 Å². The van der Waals surface area contributed by atoms with Gasteiger partial charge >= 0.3 is 0 Å². The first-order valence-electron chi connectivity index (χ1n) is 6.56. The Morgan fingerprint density at radius 2 is 1.88 bits per heavy atom. The summed E-state index contributed by atoms with van der Waals surface area (Å²) in [5.74, 6) is 0.255. The molecule has 0 aromatic carbocycles. The lowest BCUT2D eigenvalue weighted by Crippen LogP contribution is -2.37. The van der Waals surface area contributed by atoms with Gasteiger partial charge in [-0.2, -0.15) is 0 Å². The van der Waals surface area contributed by atoms with E-state index in [1.54, 1.807) is 0 Å². The Kier molecular flexibility index (Phi) is 9.04. The van der Waals surface area contributed by atoms with Crippen LogP contribution in [-0.4, -0.2) is 28.9 Å². The number of unbranched alkanes of at least 4 members (excludes halogenated alkanes) is 3. The number of rotatable bonds is 9. The number of carbonyl (C=O) groups excluding carboxylic acids is 1. The molecule has 0 spiro atoms. The van der Waals surface area contributed by atoms with E-state index in [4.69, 9.17) is 18.0 Å². The molecular formula is C13H26N2OS. The molecule has 1 amide bonds. The molecule has 0 heterocycles. The summed E-state index contributed by atoms with van der Waals surface area (Å²) < 4.78 is 0. The topological polar surface area (TPSA) is 46.3 Å². The lowest BCUT2D eigenvalue weighted by Gasteiger charge is -2.24. The summed E-state index contributed by atoms with van der Waals surface area (Å²) in [4.78, 5) is 14.3. The Balaban J connectivity index is 4.10. The summed E-state index contributed by atoms with van der Waals surface area (Å²) in [5.41, 5.74) is 5.49. The largest absolute Gasteiger partial charge is 0.393 e. The maximum absolute atomic E-state index is 12.0. The first-order valence-corrected chi connectivity index (χ1v) is 6.97. The van der Waals surface area contributed by atoms with Gasteiger partial charge in [0.1, 0.15) is 0 Å². The van der Waals surface area contributed by atoms with Crippen molar-refractivity contribution in [1.82, 2.24) is 4.90 Å². The quantitative estimate of drug-likeness (QED) is 0.511. The Morgan fingerprint density at radius 3 is 2.35 bits per heavy atom. The van der Waals surface area contributed by atoms with E-state index < -0.39 is 0 Å². The molecule has 0 saturated heterocycles. The van der Waals surface area contributed by atoms with Crippen molar-refractivity contribution in [2.24, 2.45) is 11.7 Å². The number of thiocarbonyl (C=S) groups is 1. The molecule has 0 aromatic heterocycles. The van der Waals surface area contributed by atoms with Crippen molar-refractivity contribution in [1.29, 1.82) is 0 Å². The Hall–Kier alpha value is -0.640. The predicted octanol–water partition coefficient (Wildman–Crippen LogP) is 2.73. The molecule has 4 heteroatoms. The zero-order chi connectivity index (χ0) is 13.3. The molecule has 0 unspecified atom stereocenters. The van der Waals surface area contributed by atoms with E-state index in [-0.39, 0.29) is 11.8 Å². The van der Waals surface area contributed by atoms with Gasteiger partial charge in [0, 0.05) is 25.4 Å². The van der Waals surface area contributed by atoms with Crippen LogP contribution in [0.3, 0.4) is 0 Å². The Bertz CT molecular complexity index is 242. The minimum absolute atomic E-state index is 0.0486. The number of carbonyl (C=O) groups is 1. The van der Waals surface area contributed by atoms with Gasteiger partial charge in [-0.05, 0) is 6.42 Å². The zero-order valence-electron chi connectivity index (χ0n) is 11.4. The van der Waals surface area contributed by atoms with Gasteiger partial charge in [0.05, 0.1) is 4.99 Å². The molecule has 0 bridgehead atoms. The van der Waals surface area contributed by atoms with Crippen molar-refractivity contribution in [3.8, 4) is 0 Å². The van der Waals surface area contributed by atoms with Crippen LogP contribution in [0.4, 0.5) is 0 Å². The molecule has 0 aliphatic heterocycles. The van der Waals surface area contributed by atoms with Gasteiger partial charge < -0.3 is 10.6 Å². The fourth-order valence-corrected chi connectivity index (χ4v) is 1.76. The third kappa shape index (κ3) is 8.13. The van der Waals surface area contributed by atoms with Crippen LogP contribution in [0, 0.1) is 5.92 Å². The van der Waals surface area contributed by atoms with Gasteiger partial charge in [0.2, 0.25) is 5.91 Å². The van der Waals surface area contributed by atoms with Gasteiger partial charge in [0.25, 0.3) is 0 Å². The van der Waals surface area contributed by atoms with Gasteiger partial charge in [-0.1, -0.05) is 52.3 Å². The summed E-state index contributed by atoms with van der Waals surface area (Å²) in [6.07, 6.45) is 5.33. The number of nitrogens with two attached hydrogens (primary N) is 1. The summed E-state index contributed by atoms with van der Waals surface area (Å²) in [5, 5.41) is 0. The van der Waals surface area contributed by atoms with Gasteiger partial charge in [-0.3, -0.25) is 4.79 Å². The molecule has 0 fully saturated rings. The van der Waals surface area contributed by atoms with Gasteiger partial charge in [0.15, 0.2) is 0 Å². The molecule has 0 aliphatic rings. The lowest BCUT2D eigenvalue weighted by atomic mass is 10.1. The van der Waals surface area contributed by atoms with Crippen LogP contribution in [0.15, 0.2) is 0 Å². The number of hydrogen-bond acceptors (Lipinski definition) is 2. The predicted molar refractivity (Wildman–Crippen MR) is 77.0 cm³/mol. The molecule has 2 N–H and O–H groups in total. The van der Waals surface area contributed by atoms with Gasteiger partial charge in [-0.15, -0.1) is 0 Å². The van der Waals surface area contributed by atoms with E-state index in [0.29, 0.717) is 18.0 Å². The second kappa shape index (κ2) is 9.40. The SMILES string of the molecule is CCCCCCN(CCC(N)=S)C(=O)C(C)C. The average molecular weight is 258 g/mol. The highest BCUT2D eigenvalue weighted by atomic mass is 32.1. The van der Waals surface area contributed by atoms with Crippen LogP contribution in [-0.2, 0) is 4.79 Å². The molecule has 0 aromatic rings. The first kappa shape index (κ1) is 16.4. The molecular weight excluding hydrogens is 232 g/mol. The maximum atomic E-state index is 12.0. The van der Waals surface area contributed by atoms with Crippen molar-refractivity contribution in [3.63, 3.8) is 0 Å². The molecule has 0 aliphatic carbocycles. The molecule has 17 heavy (non-hydrogen) atoms. The van der Waals surface area contributed by atoms with Crippen LogP contribution in [0.25, 0.3) is 0 Å². The first-order chi connectivity index (χ1) is 7.99. The third-order valence-electron chi connectivity index (χ3n) is 2.72. The van der Waals surface area contributed by atoms with Crippen LogP contribution in [0.1, 0.15) is 52.9 Å². The fraction of sp³-hybridized carbons (Fsp3) is 0.846. The monoisotopic (exact) mass is 258 g/mol. The second-order valence-electron chi connectivity index (χ2n) is 4.76. The highest BCUT2D eigenvalue weighted by Crippen LogP contribution is 2.07. The van der Waals surface area contributed by atoms with Gasteiger partial charge in [-0.25, -0.2) is 0 Å². The number of hydrogen-bond donors (Lipinski definition) is 1. The number of nitrogens with zero attached hydrogens (tertiary/aromatic N) is 1. The van der Waals surface area contributed by atoms with E-state index in [1.807, 2.05) is 18.7 Å². The lowest BCUT2D eigenvalue weighted by molar-refractivity contribution is -0.134. The van der Waals surface area contributed by atoms with E-state index in [0.717, 1.165) is 13.0 Å². The number of amides is 1. The van der Waals surface area contributed by atoms with Crippen molar-refractivity contribution in [2.45, 2.75) is 52.9 Å². The molecule has 0 saturated carbocycles. The summed E-state index contributed by atoms with van der Waals surface area (Å²) in [6.45, 7) is 7.55. The smallest absolute Gasteiger partial charge is 0.225 e. The van der Waals surface area contributed by atoms with E-state index in [1.165, 1.54) is 19.3 Å². The molecule has 0 atom stereocenters. The van der Waals surface area contributed by atoms with E-state index in [9.17, 15) is 4.79 Å². The Labute approximate surface area is 111 Å². The normalized spacial score (nSPS) is 10.6. The van der Waals surface area contributed by atoms with Crippen molar-refractivity contribution < 1.29 is 4.79 Å². The van der Waals surface area contributed by atoms with Crippen LogP contribution < -0.4 is 5.73 Å². The maximum Gasteiger partial charge on any atom is 0.225 e. The third-order valence-corrected chi connectivity index (χ3v) is 2.92. The average Bonchev–Trinajstić information content (AvgIpc) is 2.26. The minimum atomic E-state index is 0.0486. The minimum Gasteiger partial charge on any atom is -0.393 e. The highest BCUT2D eigenvalue weighted by Gasteiger charge is 2.16. The van der Waals surface area contributed by atoms with E-state index >= 15 is 0 Å². The zero-order valence-corrected chi connectivity index (χ0v) is 12.2. The molecule has 0 radical (unpaired) electrons. The summed E-state index contributed by atoms with van der Waals surface area (Å²) in [7, 11) is 0.